The molecule has 0 bridgehead atoms. The number of benzene rings is 1. The highest BCUT2D eigenvalue weighted by Crippen LogP contribution is 2.15. The Morgan fingerprint density at radius 1 is 1.44 bits per heavy atom. The number of nitrogens with one attached hydrogen (secondary N) is 1. The molecule has 16 heavy (non-hydrogen) atoms. The average molecular weight is 226 g/mol. The van der Waals surface area contributed by atoms with E-state index in [9.17, 15) is 4.79 Å². The third-order valence-electron chi connectivity index (χ3n) is 1.82. The summed E-state index contributed by atoms with van der Waals surface area (Å²) in [5.41, 5.74) is 5.67. The summed E-state index contributed by atoms with van der Waals surface area (Å²) < 4.78 is 5.21. The molecule has 5 N–H and O–H groups in total. The van der Waals surface area contributed by atoms with Crippen molar-refractivity contribution in [1.82, 2.24) is 0 Å². The molecular formula is C10H14N2O4. The van der Waals surface area contributed by atoms with Crippen molar-refractivity contribution in [3.63, 3.8) is 0 Å². The molecule has 0 aromatic heterocycles. The molecule has 0 aliphatic carbocycles. The molecule has 1 aromatic rings. The molecule has 88 valence electrons. The molecule has 0 aliphatic rings. The molecular weight excluding hydrogens is 212 g/mol. The zero-order valence-electron chi connectivity index (χ0n) is 8.59. The average Bonchev–Trinajstić information content (AvgIpc) is 2.27. The number of nitrogens with two attached hydrogens (primary N) is 1. The Morgan fingerprint density at radius 2 is 2.06 bits per heavy atom. The van der Waals surface area contributed by atoms with Gasteiger partial charge >= 0.3 is 6.09 Å². The van der Waals surface area contributed by atoms with Crippen molar-refractivity contribution in [1.29, 1.82) is 0 Å². The number of anilines is 1. The van der Waals surface area contributed by atoms with Crippen LogP contribution in [-0.4, -0.2) is 35.6 Å². The molecule has 1 unspecified atom stereocenters. The van der Waals surface area contributed by atoms with Crippen LogP contribution in [0.2, 0.25) is 0 Å². The van der Waals surface area contributed by atoms with E-state index < -0.39 is 12.2 Å². The lowest BCUT2D eigenvalue weighted by atomic mass is 10.3. The van der Waals surface area contributed by atoms with Crippen LogP contribution in [0.25, 0.3) is 0 Å². The van der Waals surface area contributed by atoms with Gasteiger partial charge in [0.2, 0.25) is 0 Å². The molecule has 1 aromatic carbocycles. The van der Waals surface area contributed by atoms with Gasteiger partial charge in [-0.2, -0.15) is 0 Å². The molecule has 1 atom stereocenters. The highest BCUT2D eigenvalue weighted by atomic mass is 16.5. The Balaban J connectivity index is 2.48. The lowest BCUT2D eigenvalue weighted by Gasteiger charge is -2.10. The molecule has 0 heterocycles. The SMILES string of the molecule is NCC(O)COc1ccc(NC(=O)O)cc1. The fourth-order valence-electron chi connectivity index (χ4n) is 1.02. The van der Waals surface area contributed by atoms with Crippen LogP contribution in [0.5, 0.6) is 5.75 Å². The van der Waals surface area contributed by atoms with E-state index in [1.807, 2.05) is 0 Å². The van der Waals surface area contributed by atoms with Crippen LogP contribution < -0.4 is 15.8 Å². The molecule has 1 rings (SSSR count). The third-order valence-corrected chi connectivity index (χ3v) is 1.82. The lowest BCUT2D eigenvalue weighted by Crippen LogP contribution is -2.26. The molecule has 6 nitrogen and oxygen atoms in total. The predicted molar refractivity (Wildman–Crippen MR) is 58.6 cm³/mol. The van der Waals surface area contributed by atoms with Crippen LogP contribution in [0.15, 0.2) is 24.3 Å². The predicted octanol–water partition coefficient (Wildman–Crippen LogP) is 0.475. The number of aliphatic hydroxyl groups is 1. The molecule has 0 aliphatic heterocycles. The second kappa shape index (κ2) is 5.94. The summed E-state index contributed by atoms with van der Waals surface area (Å²) in [5, 5.41) is 19.8. The highest BCUT2D eigenvalue weighted by molar-refractivity contribution is 5.82. The first kappa shape index (κ1) is 12.3. The van der Waals surface area contributed by atoms with Gasteiger partial charge in [0.1, 0.15) is 18.5 Å². The number of aliphatic hydroxyl groups excluding tert-OH is 1. The first-order valence-corrected chi connectivity index (χ1v) is 4.72. The minimum absolute atomic E-state index is 0.113. The van der Waals surface area contributed by atoms with E-state index in [2.05, 4.69) is 5.32 Å². The molecule has 6 heteroatoms. The van der Waals surface area contributed by atoms with Crippen molar-refractivity contribution in [2.24, 2.45) is 5.73 Å². The second-order valence-corrected chi connectivity index (χ2v) is 3.16. The van der Waals surface area contributed by atoms with E-state index in [-0.39, 0.29) is 13.2 Å². The van der Waals surface area contributed by atoms with Crippen LogP contribution >= 0.6 is 0 Å². The summed E-state index contributed by atoms with van der Waals surface area (Å²) in [6, 6.07) is 6.35. The number of amides is 1. The van der Waals surface area contributed by atoms with Gasteiger partial charge in [0.05, 0.1) is 0 Å². The highest BCUT2D eigenvalue weighted by Gasteiger charge is 2.02. The summed E-state index contributed by atoms with van der Waals surface area (Å²) in [5.74, 6) is 0.545. The molecule has 1 amide bonds. The smallest absolute Gasteiger partial charge is 0.409 e. The van der Waals surface area contributed by atoms with Crippen molar-refractivity contribution in [3.8, 4) is 5.75 Å². The summed E-state index contributed by atoms with van der Waals surface area (Å²) in [6.07, 6.45) is -1.82. The largest absolute Gasteiger partial charge is 0.491 e. The zero-order chi connectivity index (χ0) is 12.0. The quantitative estimate of drug-likeness (QED) is 0.584. The van der Waals surface area contributed by atoms with Gasteiger partial charge in [0, 0.05) is 12.2 Å². The minimum Gasteiger partial charge on any atom is -0.491 e. The van der Waals surface area contributed by atoms with Crippen LogP contribution in [0, 0.1) is 0 Å². The summed E-state index contributed by atoms with van der Waals surface area (Å²) in [7, 11) is 0. The summed E-state index contributed by atoms with van der Waals surface area (Å²) >= 11 is 0. The van der Waals surface area contributed by atoms with Crippen LogP contribution in [-0.2, 0) is 0 Å². The van der Waals surface area contributed by atoms with E-state index in [4.69, 9.17) is 20.7 Å². The van der Waals surface area contributed by atoms with Gasteiger partial charge in [-0.25, -0.2) is 4.79 Å². The van der Waals surface area contributed by atoms with Crippen molar-refractivity contribution < 1.29 is 19.7 Å². The van der Waals surface area contributed by atoms with Crippen LogP contribution in [0.1, 0.15) is 0 Å². The summed E-state index contributed by atoms with van der Waals surface area (Å²) in [6.45, 7) is 0.251. The second-order valence-electron chi connectivity index (χ2n) is 3.16. The first-order valence-electron chi connectivity index (χ1n) is 4.72. The normalized spacial score (nSPS) is 11.9. The fourth-order valence-corrected chi connectivity index (χ4v) is 1.02. The minimum atomic E-state index is -1.12. The van der Waals surface area contributed by atoms with E-state index in [0.717, 1.165) is 0 Å². The number of carboxylic acid groups (broad SMARTS) is 1. The number of ether oxygens (including phenoxy) is 1. The number of rotatable bonds is 5. The Morgan fingerprint density at radius 3 is 2.56 bits per heavy atom. The van der Waals surface area contributed by atoms with E-state index in [1.165, 1.54) is 0 Å². The van der Waals surface area contributed by atoms with Gasteiger partial charge in [-0.1, -0.05) is 0 Å². The van der Waals surface area contributed by atoms with Gasteiger partial charge in [0.25, 0.3) is 0 Å². The molecule has 0 radical (unpaired) electrons. The van der Waals surface area contributed by atoms with Gasteiger partial charge in [-0.15, -0.1) is 0 Å². The molecule has 0 spiro atoms. The fraction of sp³-hybridized carbons (Fsp3) is 0.300. The maximum absolute atomic E-state index is 10.3. The Bertz CT molecular complexity index is 339. The third kappa shape index (κ3) is 4.16. The zero-order valence-corrected chi connectivity index (χ0v) is 8.59. The number of carbonyl (C=O) groups is 1. The molecule has 0 saturated heterocycles. The Kier molecular flexibility index (Phi) is 4.56. The Labute approximate surface area is 92.6 Å². The Hall–Kier alpha value is -1.79. The van der Waals surface area contributed by atoms with Gasteiger partial charge in [-0.3, -0.25) is 5.32 Å². The maximum atomic E-state index is 10.3. The standard InChI is InChI=1S/C10H14N2O4/c11-5-8(13)6-16-9-3-1-7(2-4-9)12-10(14)15/h1-4,8,12-13H,5-6,11H2,(H,14,15). The van der Waals surface area contributed by atoms with E-state index in [0.29, 0.717) is 11.4 Å². The number of hydrogen-bond acceptors (Lipinski definition) is 4. The van der Waals surface area contributed by atoms with Crippen molar-refractivity contribution >= 4 is 11.8 Å². The number of hydrogen-bond donors (Lipinski definition) is 4. The monoisotopic (exact) mass is 226 g/mol. The molecule has 0 saturated carbocycles. The van der Waals surface area contributed by atoms with Gasteiger partial charge < -0.3 is 20.7 Å². The van der Waals surface area contributed by atoms with Crippen molar-refractivity contribution in [2.45, 2.75) is 6.10 Å². The topological polar surface area (TPSA) is 105 Å². The summed E-state index contributed by atoms with van der Waals surface area (Å²) in [4.78, 5) is 10.3. The van der Waals surface area contributed by atoms with E-state index in [1.54, 1.807) is 24.3 Å². The lowest BCUT2D eigenvalue weighted by molar-refractivity contribution is 0.114. The van der Waals surface area contributed by atoms with E-state index >= 15 is 0 Å². The van der Waals surface area contributed by atoms with Crippen molar-refractivity contribution in [3.05, 3.63) is 24.3 Å². The van der Waals surface area contributed by atoms with Crippen LogP contribution in [0.3, 0.4) is 0 Å². The molecule has 0 fully saturated rings. The van der Waals surface area contributed by atoms with Gasteiger partial charge in [-0.05, 0) is 24.3 Å². The van der Waals surface area contributed by atoms with Crippen molar-refractivity contribution in [2.75, 3.05) is 18.5 Å². The maximum Gasteiger partial charge on any atom is 0.409 e. The van der Waals surface area contributed by atoms with Gasteiger partial charge in [0.15, 0.2) is 0 Å². The van der Waals surface area contributed by atoms with Crippen LogP contribution in [0.4, 0.5) is 10.5 Å². The first-order chi connectivity index (χ1) is 7.61.